The molecule has 0 spiro atoms. The number of pyridine rings is 1. The molecule has 0 aliphatic rings. The van der Waals surface area contributed by atoms with Crippen LogP contribution in [0.15, 0.2) is 48.5 Å². The minimum atomic E-state index is -1.14. The number of rotatable bonds is 10. The lowest BCUT2D eigenvalue weighted by Gasteiger charge is -2.25. The number of aromatic nitrogens is 1. The third-order valence-electron chi connectivity index (χ3n) is 5.65. The molecule has 3 rings (SSSR count). The molecular weight excluding hydrogens is 523 g/mol. The van der Waals surface area contributed by atoms with Crippen molar-refractivity contribution in [3.63, 3.8) is 0 Å². The van der Waals surface area contributed by atoms with Crippen LogP contribution in [0, 0.1) is 6.92 Å². The van der Waals surface area contributed by atoms with Crippen LogP contribution in [0.25, 0.3) is 22.4 Å². The Hall–Kier alpha value is -2.64. The van der Waals surface area contributed by atoms with Crippen molar-refractivity contribution in [3.05, 3.63) is 74.9 Å². The number of ether oxygens (including phenoxy) is 1. The molecule has 1 aromatic heterocycles. The molecule has 2 N–H and O–H groups in total. The van der Waals surface area contributed by atoms with Crippen LogP contribution in [-0.4, -0.2) is 34.1 Å². The Morgan fingerprint density at radius 3 is 2.31 bits per heavy atom. The number of nitrogens with zero attached hydrogens (tertiary/aromatic N) is 1. The molecule has 6 nitrogen and oxygen atoms in total. The summed E-state index contributed by atoms with van der Waals surface area (Å²) in [6.45, 7) is 5.61. The van der Waals surface area contributed by atoms with Gasteiger partial charge in [0.25, 0.3) is 5.91 Å². The normalized spacial score (nSPS) is 11.4. The van der Waals surface area contributed by atoms with Crippen molar-refractivity contribution in [1.29, 1.82) is 0 Å². The highest BCUT2D eigenvalue weighted by molar-refractivity contribution is 6.36. The molecule has 0 saturated carbocycles. The first-order valence-electron chi connectivity index (χ1n) is 11.3. The number of amides is 1. The molecular formula is C27H27Cl3N2O4. The fraction of sp³-hybridized carbons (Fsp3) is 0.296. The van der Waals surface area contributed by atoms with E-state index in [2.05, 4.69) is 5.32 Å². The Labute approximate surface area is 225 Å². The zero-order valence-electron chi connectivity index (χ0n) is 20.2. The third kappa shape index (κ3) is 7.20. The molecule has 3 aromatic rings. The van der Waals surface area contributed by atoms with Gasteiger partial charge >= 0.3 is 5.97 Å². The Morgan fingerprint density at radius 1 is 1.00 bits per heavy atom. The lowest BCUT2D eigenvalue weighted by Crippen LogP contribution is -2.44. The van der Waals surface area contributed by atoms with E-state index in [4.69, 9.17) is 49.6 Å². The van der Waals surface area contributed by atoms with Crippen molar-refractivity contribution in [3.8, 4) is 22.4 Å². The minimum Gasteiger partial charge on any atom is -0.481 e. The number of carbonyl (C=O) groups is 2. The topological polar surface area (TPSA) is 88.5 Å². The van der Waals surface area contributed by atoms with Crippen molar-refractivity contribution in [2.45, 2.75) is 45.8 Å². The number of aliphatic carboxylic acids is 1. The fourth-order valence-electron chi connectivity index (χ4n) is 3.51. The van der Waals surface area contributed by atoms with Crippen molar-refractivity contribution in [1.82, 2.24) is 10.3 Å². The highest BCUT2D eigenvalue weighted by Gasteiger charge is 2.29. The minimum absolute atomic E-state index is 0.0115. The van der Waals surface area contributed by atoms with E-state index in [1.54, 1.807) is 38.1 Å². The SMILES string of the molecule is Cc1nc(-c2ccc(Cl)cc2)c(-c2ccc(Cl)cc2Cl)cc1COC(C)(C)C(=O)NCCCC(=O)O. The van der Waals surface area contributed by atoms with Crippen molar-refractivity contribution in [2.24, 2.45) is 0 Å². The number of carboxylic acids is 1. The summed E-state index contributed by atoms with van der Waals surface area (Å²) in [4.78, 5) is 28.1. The highest BCUT2D eigenvalue weighted by atomic mass is 35.5. The Morgan fingerprint density at radius 2 is 1.67 bits per heavy atom. The van der Waals surface area contributed by atoms with Crippen LogP contribution in [0.1, 0.15) is 37.9 Å². The summed E-state index contributed by atoms with van der Waals surface area (Å²) >= 11 is 18.8. The van der Waals surface area contributed by atoms with Crippen LogP contribution >= 0.6 is 34.8 Å². The van der Waals surface area contributed by atoms with Crippen LogP contribution < -0.4 is 5.32 Å². The van der Waals surface area contributed by atoms with Gasteiger partial charge in [-0.3, -0.25) is 14.6 Å². The molecule has 0 unspecified atom stereocenters. The number of carboxylic acid groups (broad SMARTS) is 1. The van der Waals surface area contributed by atoms with Gasteiger partial charge in [-0.25, -0.2) is 0 Å². The van der Waals surface area contributed by atoms with Crippen molar-refractivity contribution < 1.29 is 19.4 Å². The molecule has 1 heterocycles. The van der Waals surface area contributed by atoms with Crippen molar-refractivity contribution >= 4 is 46.7 Å². The van der Waals surface area contributed by atoms with Crippen LogP contribution in [0.4, 0.5) is 0 Å². The lowest BCUT2D eigenvalue weighted by molar-refractivity contribution is -0.144. The third-order valence-corrected chi connectivity index (χ3v) is 6.44. The monoisotopic (exact) mass is 548 g/mol. The van der Waals surface area contributed by atoms with E-state index in [9.17, 15) is 9.59 Å². The number of hydrogen-bond donors (Lipinski definition) is 2. The molecule has 2 aromatic carbocycles. The summed E-state index contributed by atoms with van der Waals surface area (Å²) in [5.41, 5.74) is 3.55. The standard InChI is InChI=1S/C27H27Cl3N2O4/c1-16-18(15-36-27(2,3)26(35)31-12-4-5-24(33)34)13-22(21-11-10-20(29)14-23(21)30)25(32-16)17-6-8-19(28)9-7-17/h6-11,13-14H,4-5,12,15H2,1-3H3,(H,31,35)(H,33,34). The van der Waals surface area contributed by atoms with E-state index in [1.807, 2.05) is 31.2 Å². The number of nitrogens with one attached hydrogen (secondary N) is 1. The van der Waals surface area contributed by atoms with Crippen LogP contribution in [0.3, 0.4) is 0 Å². The van der Waals surface area contributed by atoms with Gasteiger partial charge in [0.15, 0.2) is 0 Å². The van der Waals surface area contributed by atoms with E-state index in [-0.39, 0.29) is 25.5 Å². The summed E-state index contributed by atoms with van der Waals surface area (Å²) < 4.78 is 6.00. The maximum Gasteiger partial charge on any atom is 0.303 e. The molecule has 0 saturated heterocycles. The first-order valence-corrected chi connectivity index (χ1v) is 12.5. The average molecular weight is 550 g/mol. The molecule has 0 bridgehead atoms. The maximum absolute atomic E-state index is 12.6. The second-order valence-electron chi connectivity index (χ2n) is 8.81. The zero-order valence-corrected chi connectivity index (χ0v) is 22.5. The lowest BCUT2D eigenvalue weighted by atomic mass is 9.96. The molecule has 0 aliphatic heterocycles. The van der Waals surface area contributed by atoms with Gasteiger partial charge in [0.1, 0.15) is 5.60 Å². The predicted octanol–water partition coefficient (Wildman–Crippen LogP) is 6.96. The van der Waals surface area contributed by atoms with E-state index < -0.39 is 11.6 Å². The molecule has 190 valence electrons. The van der Waals surface area contributed by atoms with E-state index in [0.29, 0.717) is 21.5 Å². The molecule has 9 heteroatoms. The van der Waals surface area contributed by atoms with Gasteiger partial charge in [0.2, 0.25) is 0 Å². The molecule has 0 fully saturated rings. The van der Waals surface area contributed by atoms with Crippen molar-refractivity contribution in [2.75, 3.05) is 6.54 Å². The van der Waals surface area contributed by atoms with E-state index in [1.165, 1.54) is 0 Å². The van der Waals surface area contributed by atoms with E-state index in [0.717, 1.165) is 33.6 Å². The Kier molecular flexibility index (Phi) is 9.36. The predicted molar refractivity (Wildman–Crippen MR) is 144 cm³/mol. The number of carbonyl (C=O) groups excluding carboxylic acids is 1. The quantitative estimate of drug-likeness (QED) is 0.267. The number of aryl methyl sites for hydroxylation is 1. The van der Waals surface area contributed by atoms with Gasteiger partial charge in [-0.05, 0) is 63.1 Å². The smallest absolute Gasteiger partial charge is 0.303 e. The molecule has 0 atom stereocenters. The Balaban J connectivity index is 1.90. The van der Waals surface area contributed by atoms with Gasteiger partial charge in [-0.1, -0.05) is 53.0 Å². The van der Waals surface area contributed by atoms with Gasteiger partial charge in [0, 0.05) is 50.4 Å². The highest BCUT2D eigenvalue weighted by Crippen LogP contribution is 2.38. The van der Waals surface area contributed by atoms with Crippen LogP contribution in [0.5, 0.6) is 0 Å². The molecule has 36 heavy (non-hydrogen) atoms. The second kappa shape index (κ2) is 12.1. The summed E-state index contributed by atoms with van der Waals surface area (Å²) in [5, 5.41) is 13.1. The summed E-state index contributed by atoms with van der Waals surface area (Å²) in [6.07, 6.45) is 0.333. The van der Waals surface area contributed by atoms with Gasteiger partial charge in [-0.15, -0.1) is 0 Å². The number of benzene rings is 2. The molecule has 0 aliphatic carbocycles. The molecule has 0 radical (unpaired) electrons. The summed E-state index contributed by atoms with van der Waals surface area (Å²) in [5.74, 6) is -1.22. The summed E-state index contributed by atoms with van der Waals surface area (Å²) in [6, 6.07) is 14.6. The van der Waals surface area contributed by atoms with Gasteiger partial charge < -0.3 is 15.2 Å². The maximum atomic E-state index is 12.6. The molecule has 1 amide bonds. The average Bonchev–Trinajstić information content (AvgIpc) is 2.81. The first kappa shape index (κ1) is 27.9. The van der Waals surface area contributed by atoms with Crippen LogP contribution in [0.2, 0.25) is 15.1 Å². The fourth-order valence-corrected chi connectivity index (χ4v) is 4.15. The van der Waals surface area contributed by atoms with Crippen LogP contribution in [-0.2, 0) is 20.9 Å². The number of halogens is 3. The second-order valence-corrected chi connectivity index (χ2v) is 10.1. The van der Waals surface area contributed by atoms with Gasteiger partial charge in [0.05, 0.1) is 12.3 Å². The zero-order chi connectivity index (χ0) is 26.5. The Bertz CT molecular complexity index is 1260. The number of hydrogen-bond acceptors (Lipinski definition) is 4. The summed E-state index contributed by atoms with van der Waals surface area (Å²) in [7, 11) is 0. The van der Waals surface area contributed by atoms with Gasteiger partial charge in [-0.2, -0.15) is 0 Å². The first-order chi connectivity index (χ1) is 17.0. The largest absolute Gasteiger partial charge is 0.481 e. The van der Waals surface area contributed by atoms with E-state index >= 15 is 0 Å².